The number of hydrogen-bond acceptors (Lipinski definition) is 8. The van der Waals surface area contributed by atoms with Gasteiger partial charge in [-0.05, 0) is 96.3 Å². The van der Waals surface area contributed by atoms with Gasteiger partial charge in [0.05, 0.1) is 40.3 Å². The summed E-state index contributed by atoms with van der Waals surface area (Å²) in [5, 5.41) is 11.9. The number of esters is 2. The van der Waals surface area contributed by atoms with Gasteiger partial charge >= 0.3 is 11.9 Å². The van der Waals surface area contributed by atoms with E-state index in [4.69, 9.17) is 18.9 Å². The molecule has 95 heavy (non-hydrogen) atoms. The van der Waals surface area contributed by atoms with Crippen molar-refractivity contribution in [1.82, 2.24) is 0 Å². The largest absolute Gasteiger partial charge is 0.545 e. The number of nitrogens with zero attached hydrogens (tertiary/aromatic N) is 1. The minimum absolute atomic E-state index is 0.146. The lowest BCUT2D eigenvalue weighted by Gasteiger charge is -2.26. The third kappa shape index (κ3) is 77.4. The fraction of sp³-hybridized carbons (Fsp3) is 0.779. The highest BCUT2D eigenvalue weighted by molar-refractivity contribution is 5.70. The first-order valence-electron chi connectivity index (χ1n) is 40.4. The van der Waals surface area contributed by atoms with E-state index >= 15 is 0 Å². The van der Waals surface area contributed by atoms with Crippen LogP contribution in [0.15, 0.2) is 97.2 Å². The number of carbonyl (C=O) groups excluding carboxylic acids is 3. The van der Waals surface area contributed by atoms with Crippen molar-refractivity contribution in [2.75, 3.05) is 47.5 Å². The Morgan fingerprint density at radius 1 is 0.326 bits per heavy atom. The van der Waals surface area contributed by atoms with Crippen molar-refractivity contribution in [1.29, 1.82) is 0 Å². The molecule has 0 bridgehead atoms. The number of rotatable bonds is 75. The number of carboxylic acids is 1. The second-order valence-electron chi connectivity index (χ2n) is 28.3. The summed E-state index contributed by atoms with van der Waals surface area (Å²) in [6.45, 7) is 4.68. The first-order chi connectivity index (χ1) is 46.6. The molecule has 0 N–H and O–H groups in total. The smallest absolute Gasteiger partial charge is 0.306 e. The van der Waals surface area contributed by atoms with Crippen LogP contribution in [-0.2, 0) is 33.3 Å². The van der Waals surface area contributed by atoms with Crippen LogP contribution in [0.2, 0.25) is 0 Å². The van der Waals surface area contributed by atoms with Crippen LogP contribution in [0.25, 0.3) is 0 Å². The first-order valence-corrected chi connectivity index (χ1v) is 40.4. The van der Waals surface area contributed by atoms with E-state index < -0.39 is 24.3 Å². The molecule has 0 spiro atoms. The normalized spacial score (nSPS) is 13.1. The Labute approximate surface area is 588 Å². The van der Waals surface area contributed by atoms with E-state index in [2.05, 4.69) is 111 Å². The van der Waals surface area contributed by atoms with Gasteiger partial charge in [0.15, 0.2) is 12.4 Å². The van der Waals surface area contributed by atoms with E-state index in [1.54, 1.807) is 0 Å². The first kappa shape index (κ1) is 91.2. The van der Waals surface area contributed by atoms with Crippen LogP contribution >= 0.6 is 0 Å². The molecule has 0 saturated heterocycles. The Bertz CT molecular complexity index is 1890. The van der Waals surface area contributed by atoms with Crippen molar-refractivity contribution < 1.29 is 42.9 Å². The van der Waals surface area contributed by atoms with Gasteiger partial charge in [-0.1, -0.05) is 361 Å². The quantitative estimate of drug-likeness (QED) is 0.0195. The molecular weight excluding hydrogens is 1170 g/mol. The van der Waals surface area contributed by atoms with Gasteiger partial charge in [0.25, 0.3) is 0 Å². The highest BCUT2D eigenvalue weighted by atomic mass is 16.7. The van der Waals surface area contributed by atoms with Gasteiger partial charge in [0, 0.05) is 12.8 Å². The van der Waals surface area contributed by atoms with Crippen molar-refractivity contribution in [3.8, 4) is 0 Å². The van der Waals surface area contributed by atoms with Crippen LogP contribution in [0, 0.1) is 0 Å². The molecule has 0 heterocycles. The summed E-state index contributed by atoms with van der Waals surface area (Å²) in [6, 6.07) is 0. The number of quaternary nitrogens is 1. The summed E-state index contributed by atoms with van der Waals surface area (Å²) in [6.07, 6.45) is 102. The van der Waals surface area contributed by atoms with E-state index in [0.717, 1.165) is 83.5 Å². The number of aliphatic carboxylic acids is 1. The molecule has 0 aliphatic carbocycles. The van der Waals surface area contributed by atoms with Crippen LogP contribution in [0.5, 0.6) is 0 Å². The Morgan fingerprint density at radius 2 is 0.600 bits per heavy atom. The lowest BCUT2D eigenvalue weighted by molar-refractivity contribution is -0.870. The Balaban J connectivity index is 4.02. The molecule has 2 unspecified atom stereocenters. The van der Waals surface area contributed by atoms with Gasteiger partial charge in [-0.15, -0.1) is 0 Å². The molecule has 0 aromatic rings. The van der Waals surface area contributed by atoms with Crippen molar-refractivity contribution >= 4 is 17.9 Å². The fourth-order valence-corrected chi connectivity index (χ4v) is 11.7. The van der Waals surface area contributed by atoms with Crippen LogP contribution in [0.1, 0.15) is 373 Å². The predicted octanol–water partition coefficient (Wildman–Crippen LogP) is 24.6. The van der Waals surface area contributed by atoms with Crippen molar-refractivity contribution in [3.05, 3.63) is 97.2 Å². The minimum Gasteiger partial charge on any atom is -0.545 e. The number of hydrogen-bond donors (Lipinski definition) is 0. The standard InChI is InChI=1S/C86H153NO8/c1-6-8-10-12-14-16-18-20-22-24-26-28-30-32-34-36-38-40-42-44-46-48-50-52-54-56-58-60-62-64-66-68-70-72-74-76-83(88)93-80-82(81-94-86(85(90)91)92-79-78-87(3,4)5)95-84(89)77-75-73-71-69-67-65-63-61-59-57-55-53-51-49-47-45-43-41-39-37-35-33-31-29-27-25-23-21-19-17-15-13-11-9-7-2/h9,11,15,17,21,23-24,26-27,29,33,35,39,41,45,47,82,86H,6-8,10,12-14,16,18-20,22,25,28,30-32,34,36-38,40,42-44,46,48-81H2,1-5H3/b11-9-,17-15-,23-21-,26-24-,29-27-,35-33-,41-39-,47-45-. The molecule has 0 amide bonds. The number of unbranched alkanes of at least 4 members (excludes halogenated alkanes) is 44. The molecule has 0 aliphatic rings. The topological polar surface area (TPSA) is 111 Å². The van der Waals surface area contributed by atoms with Crippen LogP contribution in [0.3, 0.4) is 0 Å². The van der Waals surface area contributed by atoms with Crippen molar-refractivity contribution in [2.24, 2.45) is 0 Å². The highest BCUT2D eigenvalue weighted by Gasteiger charge is 2.22. The molecule has 0 radical (unpaired) electrons. The number of likely N-dealkylation sites (N-methyl/N-ethyl adjacent to an activating group) is 1. The summed E-state index contributed by atoms with van der Waals surface area (Å²) in [7, 11) is 5.94. The molecule has 9 nitrogen and oxygen atoms in total. The second kappa shape index (κ2) is 76.0. The van der Waals surface area contributed by atoms with Crippen molar-refractivity contribution in [2.45, 2.75) is 386 Å². The molecule has 0 aromatic carbocycles. The Hall–Kier alpha value is -3.79. The molecule has 0 fully saturated rings. The van der Waals surface area contributed by atoms with E-state index in [-0.39, 0.29) is 32.2 Å². The summed E-state index contributed by atoms with van der Waals surface area (Å²) < 4.78 is 22.9. The molecule has 0 rings (SSSR count). The van der Waals surface area contributed by atoms with Crippen LogP contribution in [-0.4, -0.2) is 82.3 Å². The minimum atomic E-state index is -1.63. The molecule has 0 saturated carbocycles. The van der Waals surface area contributed by atoms with Gasteiger partial charge in [0.1, 0.15) is 13.2 Å². The molecule has 2 atom stereocenters. The summed E-state index contributed by atoms with van der Waals surface area (Å²) in [5.74, 6) is -2.27. The Morgan fingerprint density at radius 3 is 0.905 bits per heavy atom. The number of ether oxygens (including phenoxy) is 4. The van der Waals surface area contributed by atoms with Gasteiger partial charge in [-0.25, -0.2) is 0 Å². The maximum Gasteiger partial charge on any atom is 0.306 e. The summed E-state index contributed by atoms with van der Waals surface area (Å²) >= 11 is 0. The second-order valence-corrected chi connectivity index (χ2v) is 28.3. The average molecular weight is 1330 g/mol. The van der Waals surface area contributed by atoms with E-state index in [1.807, 2.05) is 21.1 Å². The number of allylic oxidation sites excluding steroid dienone is 16. The zero-order valence-electron chi connectivity index (χ0n) is 63.0. The molecule has 550 valence electrons. The zero-order valence-corrected chi connectivity index (χ0v) is 63.0. The van der Waals surface area contributed by atoms with Gasteiger partial charge < -0.3 is 33.3 Å². The lowest BCUT2D eigenvalue weighted by Crippen LogP contribution is -2.44. The van der Waals surface area contributed by atoms with Crippen molar-refractivity contribution in [3.63, 3.8) is 0 Å². The third-order valence-electron chi connectivity index (χ3n) is 17.8. The van der Waals surface area contributed by atoms with E-state index in [9.17, 15) is 19.5 Å². The SMILES string of the molecule is CC/C=C\C/C=C\C/C=C\C/C=C\C/C=C\C/C=C\C/C=C\CCCCCCCCCCCCCCCC(=O)OC(COC(=O)CCCCCCCCCCCCCCCCCCCCCCCCC/C=C\CCCCCCCCCC)COC(OCC[N+](C)(C)C)C(=O)[O-]. The third-order valence-corrected chi connectivity index (χ3v) is 17.8. The average Bonchev–Trinajstić information content (AvgIpc) is 3.58. The van der Waals surface area contributed by atoms with Gasteiger partial charge in [-0.3, -0.25) is 9.59 Å². The fourth-order valence-electron chi connectivity index (χ4n) is 11.7. The Kier molecular flexibility index (Phi) is 72.9. The van der Waals surface area contributed by atoms with Gasteiger partial charge in [-0.2, -0.15) is 0 Å². The zero-order chi connectivity index (χ0) is 69.0. The maximum atomic E-state index is 13.0. The highest BCUT2D eigenvalue weighted by Crippen LogP contribution is 2.19. The maximum absolute atomic E-state index is 13.0. The summed E-state index contributed by atoms with van der Waals surface area (Å²) in [4.78, 5) is 37.6. The number of carbonyl (C=O) groups is 3. The summed E-state index contributed by atoms with van der Waals surface area (Å²) in [5.41, 5.74) is 0. The van der Waals surface area contributed by atoms with Gasteiger partial charge in [0.2, 0.25) is 0 Å². The van der Waals surface area contributed by atoms with E-state index in [0.29, 0.717) is 23.9 Å². The molecule has 0 aromatic heterocycles. The lowest BCUT2D eigenvalue weighted by atomic mass is 10.0. The molecular formula is C86H153NO8. The monoisotopic (exact) mass is 1330 g/mol. The van der Waals surface area contributed by atoms with Crippen LogP contribution in [0.4, 0.5) is 0 Å². The molecule has 9 heteroatoms. The predicted molar refractivity (Wildman–Crippen MR) is 407 cm³/mol. The molecule has 0 aliphatic heterocycles. The van der Waals surface area contributed by atoms with E-state index in [1.165, 1.54) is 257 Å². The number of carboxylic acid groups (broad SMARTS) is 1. The van der Waals surface area contributed by atoms with Crippen LogP contribution < -0.4 is 5.11 Å².